The van der Waals surface area contributed by atoms with Gasteiger partial charge in [-0.05, 0) is 25.2 Å². The van der Waals surface area contributed by atoms with Gasteiger partial charge in [0.2, 0.25) is 0 Å². The molecule has 0 aromatic carbocycles. The van der Waals surface area contributed by atoms with Crippen LogP contribution in [0.15, 0.2) is 4.99 Å². The highest BCUT2D eigenvalue weighted by atomic mass is 32.2. The van der Waals surface area contributed by atoms with Gasteiger partial charge in [-0.2, -0.15) is 0 Å². The molecule has 1 N–H and O–H groups in total. The Balaban J connectivity index is 1.88. The third-order valence-electron chi connectivity index (χ3n) is 2.82. The molecule has 0 saturated heterocycles. The van der Waals surface area contributed by atoms with Gasteiger partial charge in [0.1, 0.15) is 0 Å². The number of rotatable bonds is 2. The zero-order chi connectivity index (χ0) is 9.26. The van der Waals surface area contributed by atoms with Crippen LogP contribution in [0.3, 0.4) is 0 Å². The molecule has 1 heterocycles. The second-order valence-corrected chi connectivity index (χ2v) is 4.86. The molecule has 0 bridgehead atoms. The molecule has 0 radical (unpaired) electrons. The Morgan fingerprint density at radius 1 is 1.62 bits per heavy atom. The number of carboxylic acid groups (broad SMARTS) is 1. The monoisotopic (exact) mass is 199 g/mol. The Morgan fingerprint density at radius 3 is 3.23 bits per heavy atom. The van der Waals surface area contributed by atoms with E-state index >= 15 is 0 Å². The number of thioether (sulfide) groups is 1. The fourth-order valence-electron chi connectivity index (χ4n) is 2.14. The van der Waals surface area contributed by atoms with Crippen LogP contribution in [0.5, 0.6) is 0 Å². The minimum Gasteiger partial charge on any atom is -0.481 e. The van der Waals surface area contributed by atoms with Crippen LogP contribution in [0.4, 0.5) is 0 Å². The van der Waals surface area contributed by atoms with Gasteiger partial charge in [-0.1, -0.05) is 0 Å². The lowest BCUT2D eigenvalue weighted by Gasteiger charge is -2.28. The lowest BCUT2D eigenvalue weighted by molar-refractivity contribution is -0.138. The molecule has 4 heteroatoms. The van der Waals surface area contributed by atoms with Crippen LogP contribution in [0.2, 0.25) is 0 Å². The van der Waals surface area contributed by atoms with Gasteiger partial charge in [0.25, 0.3) is 0 Å². The Bertz CT molecular complexity index is 242. The number of carbonyl (C=O) groups is 1. The molecule has 0 spiro atoms. The lowest BCUT2D eigenvalue weighted by Crippen LogP contribution is -2.28. The van der Waals surface area contributed by atoms with Gasteiger partial charge in [-0.3, -0.25) is 9.79 Å². The predicted octanol–water partition coefficient (Wildman–Crippen LogP) is 1.77. The van der Waals surface area contributed by atoms with E-state index in [0.717, 1.165) is 19.3 Å². The van der Waals surface area contributed by atoms with Crippen LogP contribution < -0.4 is 0 Å². The van der Waals surface area contributed by atoms with Crippen molar-refractivity contribution in [2.75, 3.05) is 0 Å². The van der Waals surface area contributed by atoms with Crippen LogP contribution in [0.1, 0.15) is 25.7 Å². The second-order valence-electron chi connectivity index (χ2n) is 3.77. The van der Waals surface area contributed by atoms with Gasteiger partial charge in [0.05, 0.1) is 11.6 Å². The highest BCUT2D eigenvalue weighted by Crippen LogP contribution is 2.38. The number of hydrogen-bond acceptors (Lipinski definition) is 3. The Kier molecular flexibility index (Phi) is 2.58. The Morgan fingerprint density at radius 2 is 2.46 bits per heavy atom. The van der Waals surface area contributed by atoms with E-state index in [2.05, 4.69) is 4.99 Å². The van der Waals surface area contributed by atoms with Gasteiger partial charge < -0.3 is 5.11 Å². The van der Waals surface area contributed by atoms with Crippen LogP contribution in [0, 0.1) is 5.92 Å². The molecule has 2 rings (SSSR count). The minimum absolute atomic E-state index is 0.337. The average molecular weight is 199 g/mol. The number of hydrogen-bond donors (Lipinski definition) is 1. The Labute approximate surface area is 81.6 Å². The van der Waals surface area contributed by atoms with Crippen molar-refractivity contribution in [3.8, 4) is 0 Å². The smallest absolute Gasteiger partial charge is 0.303 e. The van der Waals surface area contributed by atoms with Crippen LogP contribution in [0.25, 0.3) is 0 Å². The fourth-order valence-corrected chi connectivity index (χ4v) is 3.29. The molecule has 1 aliphatic carbocycles. The van der Waals surface area contributed by atoms with Gasteiger partial charge in [-0.25, -0.2) is 0 Å². The van der Waals surface area contributed by atoms with Crippen molar-refractivity contribution in [1.82, 2.24) is 0 Å². The zero-order valence-electron chi connectivity index (χ0n) is 7.35. The molecule has 3 unspecified atom stereocenters. The number of carboxylic acids is 1. The van der Waals surface area contributed by atoms with Gasteiger partial charge in [-0.15, -0.1) is 11.8 Å². The van der Waals surface area contributed by atoms with Gasteiger partial charge >= 0.3 is 5.97 Å². The third-order valence-corrected chi connectivity index (χ3v) is 3.92. The lowest BCUT2D eigenvalue weighted by atomic mass is 9.84. The molecule has 1 aliphatic heterocycles. The molecule has 13 heavy (non-hydrogen) atoms. The first-order valence-corrected chi connectivity index (χ1v) is 5.59. The first-order valence-electron chi connectivity index (χ1n) is 4.64. The minimum atomic E-state index is -0.660. The quantitative estimate of drug-likeness (QED) is 0.737. The van der Waals surface area contributed by atoms with Crippen molar-refractivity contribution >= 4 is 23.3 Å². The molecular weight excluding hydrogens is 186 g/mol. The molecule has 72 valence electrons. The van der Waals surface area contributed by atoms with Crippen molar-refractivity contribution in [2.24, 2.45) is 10.9 Å². The van der Waals surface area contributed by atoms with E-state index < -0.39 is 5.97 Å². The summed E-state index contributed by atoms with van der Waals surface area (Å²) < 4.78 is 0. The van der Waals surface area contributed by atoms with Crippen LogP contribution in [-0.2, 0) is 4.79 Å². The van der Waals surface area contributed by atoms with Crippen LogP contribution >= 0.6 is 11.8 Å². The molecule has 3 nitrogen and oxygen atoms in total. The molecular formula is C9H13NO2S. The van der Waals surface area contributed by atoms with E-state index in [9.17, 15) is 4.79 Å². The van der Waals surface area contributed by atoms with Crippen molar-refractivity contribution in [3.63, 3.8) is 0 Å². The van der Waals surface area contributed by atoms with Crippen molar-refractivity contribution in [1.29, 1.82) is 0 Å². The highest BCUT2D eigenvalue weighted by Gasteiger charge is 2.33. The van der Waals surface area contributed by atoms with Crippen LogP contribution in [-0.4, -0.2) is 27.9 Å². The van der Waals surface area contributed by atoms with E-state index in [1.54, 1.807) is 11.8 Å². The maximum Gasteiger partial charge on any atom is 0.303 e. The zero-order valence-corrected chi connectivity index (χ0v) is 8.17. The summed E-state index contributed by atoms with van der Waals surface area (Å²) in [4.78, 5) is 14.9. The van der Waals surface area contributed by atoms with Crippen molar-refractivity contribution < 1.29 is 9.90 Å². The van der Waals surface area contributed by atoms with E-state index in [1.165, 1.54) is 0 Å². The molecule has 2 aliphatic rings. The van der Waals surface area contributed by atoms with E-state index in [1.807, 2.05) is 5.55 Å². The topological polar surface area (TPSA) is 49.7 Å². The van der Waals surface area contributed by atoms with E-state index in [-0.39, 0.29) is 0 Å². The van der Waals surface area contributed by atoms with E-state index in [0.29, 0.717) is 23.6 Å². The van der Waals surface area contributed by atoms with Crippen molar-refractivity contribution in [2.45, 2.75) is 37.0 Å². The number of fused-ring (bicyclic) bond motifs is 1. The highest BCUT2D eigenvalue weighted by molar-refractivity contribution is 8.12. The van der Waals surface area contributed by atoms with Crippen molar-refractivity contribution in [3.05, 3.63) is 0 Å². The predicted molar refractivity (Wildman–Crippen MR) is 53.3 cm³/mol. The summed E-state index contributed by atoms with van der Waals surface area (Å²) in [5.74, 6) is -0.277. The summed E-state index contributed by atoms with van der Waals surface area (Å²) in [5, 5.41) is 9.24. The summed E-state index contributed by atoms with van der Waals surface area (Å²) in [6, 6.07) is 0.482. The first-order chi connectivity index (χ1) is 6.25. The molecule has 3 atom stereocenters. The molecule has 0 amide bonds. The molecule has 1 saturated carbocycles. The summed E-state index contributed by atoms with van der Waals surface area (Å²) in [5.41, 5.74) is 1.93. The summed E-state index contributed by atoms with van der Waals surface area (Å²) in [7, 11) is 0. The van der Waals surface area contributed by atoms with E-state index in [4.69, 9.17) is 5.11 Å². The maximum absolute atomic E-state index is 10.5. The normalized spacial score (nSPS) is 37.4. The standard InChI is InChI=1S/C9H13NO2S/c11-9(12)4-6-1-2-7-8(3-6)13-5-10-7/h5-8H,1-4H2,(H,11,12). The summed E-state index contributed by atoms with van der Waals surface area (Å²) >= 11 is 1.77. The maximum atomic E-state index is 10.5. The van der Waals surface area contributed by atoms with Gasteiger partial charge in [0, 0.05) is 11.7 Å². The fraction of sp³-hybridized carbons (Fsp3) is 0.778. The first kappa shape index (κ1) is 9.06. The van der Waals surface area contributed by atoms with Gasteiger partial charge in [0.15, 0.2) is 0 Å². The Hall–Kier alpha value is -0.510. The third kappa shape index (κ3) is 2.05. The summed E-state index contributed by atoms with van der Waals surface area (Å²) in [6.45, 7) is 0. The number of aliphatic imine (C=N–C) groups is 1. The molecule has 0 aromatic rings. The second kappa shape index (κ2) is 3.70. The number of aliphatic carboxylic acids is 1. The average Bonchev–Trinajstić information content (AvgIpc) is 2.49. The SMILES string of the molecule is O=C(O)CC1CCC2N=CSC2C1. The largest absolute Gasteiger partial charge is 0.481 e. The molecule has 1 fully saturated rings. The molecule has 0 aromatic heterocycles. The summed E-state index contributed by atoms with van der Waals surface area (Å²) in [6.07, 6.45) is 3.48. The number of nitrogens with zero attached hydrogens (tertiary/aromatic N) is 1.